The molecule has 1 aliphatic carbocycles. The van der Waals surface area contributed by atoms with Gasteiger partial charge in [-0.05, 0) is 30.4 Å². The Morgan fingerprint density at radius 2 is 2.22 bits per heavy atom. The summed E-state index contributed by atoms with van der Waals surface area (Å²) in [6, 6.07) is 7.73. The van der Waals surface area contributed by atoms with Crippen molar-refractivity contribution in [3.05, 3.63) is 29.8 Å². The van der Waals surface area contributed by atoms with Crippen LogP contribution in [-0.2, 0) is 6.54 Å². The number of nitrogens with one attached hydrogen (secondary N) is 3. The van der Waals surface area contributed by atoms with E-state index in [4.69, 9.17) is 0 Å². The van der Waals surface area contributed by atoms with Gasteiger partial charge in [0.25, 0.3) is 0 Å². The fourth-order valence-corrected chi connectivity index (χ4v) is 3.09. The predicted molar refractivity (Wildman–Crippen MR) is 89.2 cm³/mol. The van der Waals surface area contributed by atoms with Gasteiger partial charge in [-0.2, -0.15) is 0 Å². The van der Waals surface area contributed by atoms with Crippen LogP contribution in [0, 0.1) is 5.92 Å². The first-order chi connectivity index (χ1) is 11.2. The van der Waals surface area contributed by atoms with Crippen molar-refractivity contribution in [3.8, 4) is 0 Å². The van der Waals surface area contributed by atoms with Crippen molar-refractivity contribution in [1.29, 1.82) is 0 Å². The highest BCUT2D eigenvalue weighted by Crippen LogP contribution is 2.34. The van der Waals surface area contributed by atoms with E-state index in [1.54, 1.807) is 4.90 Å². The van der Waals surface area contributed by atoms with Crippen LogP contribution in [0.2, 0.25) is 0 Å². The first-order valence-corrected chi connectivity index (χ1v) is 8.35. The molecular weight excluding hydrogens is 292 g/mol. The van der Waals surface area contributed by atoms with Crippen molar-refractivity contribution in [2.24, 2.45) is 5.92 Å². The van der Waals surface area contributed by atoms with E-state index in [1.165, 1.54) is 6.42 Å². The molecule has 1 aromatic carbocycles. The van der Waals surface area contributed by atoms with Gasteiger partial charge in [-0.1, -0.05) is 31.5 Å². The highest BCUT2D eigenvalue weighted by Gasteiger charge is 2.37. The Bertz CT molecular complexity index is 590. The Labute approximate surface area is 136 Å². The van der Waals surface area contributed by atoms with Crippen molar-refractivity contribution in [2.75, 3.05) is 18.4 Å². The quantitative estimate of drug-likeness (QED) is 0.754. The summed E-state index contributed by atoms with van der Waals surface area (Å²) >= 11 is 0. The molecule has 0 unspecified atom stereocenters. The molecular formula is C17H24N4O2. The van der Waals surface area contributed by atoms with E-state index in [0.717, 1.165) is 24.1 Å². The van der Waals surface area contributed by atoms with Crippen LogP contribution in [0.4, 0.5) is 15.3 Å². The number of anilines is 1. The maximum absolute atomic E-state index is 12.2. The lowest BCUT2D eigenvalue weighted by molar-refractivity contribution is 0.215. The molecule has 4 amide bonds. The number of carbonyl (C=O) groups is 2. The minimum absolute atomic E-state index is 0.0513. The minimum Gasteiger partial charge on any atom is -0.336 e. The second-order valence-corrected chi connectivity index (χ2v) is 6.30. The van der Waals surface area contributed by atoms with Gasteiger partial charge < -0.3 is 20.9 Å². The number of carbonyl (C=O) groups excluding carboxylic acids is 2. The Balaban J connectivity index is 1.57. The predicted octanol–water partition coefficient (Wildman–Crippen LogP) is 2.52. The van der Waals surface area contributed by atoms with E-state index in [-0.39, 0.29) is 12.1 Å². The molecule has 124 valence electrons. The zero-order valence-corrected chi connectivity index (χ0v) is 13.5. The summed E-state index contributed by atoms with van der Waals surface area (Å²) in [5, 5.41) is 8.74. The second-order valence-electron chi connectivity index (χ2n) is 6.30. The molecule has 0 bridgehead atoms. The molecule has 23 heavy (non-hydrogen) atoms. The maximum Gasteiger partial charge on any atom is 0.319 e. The molecule has 0 radical (unpaired) electrons. The first kappa shape index (κ1) is 15.6. The van der Waals surface area contributed by atoms with E-state index < -0.39 is 0 Å². The summed E-state index contributed by atoms with van der Waals surface area (Å²) in [6.07, 6.45) is 3.41. The number of nitrogens with zero attached hydrogens (tertiary/aromatic N) is 1. The van der Waals surface area contributed by atoms with E-state index in [0.29, 0.717) is 31.6 Å². The van der Waals surface area contributed by atoms with Crippen LogP contribution in [0.25, 0.3) is 0 Å². The molecule has 0 aromatic heterocycles. The molecule has 2 aliphatic rings. The molecule has 2 atom stereocenters. The number of amides is 4. The fourth-order valence-electron chi connectivity index (χ4n) is 3.09. The number of para-hydroxylation sites is 1. The third kappa shape index (κ3) is 3.94. The molecule has 1 aromatic rings. The normalized spacial score (nSPS) is 22.7. The van der Waals surface area contributed by atoms with Crippen molar-refractivity contribution >= 4 is 17.7 Å². The summed E-state index contributed by atoms with van der Waals surface area (Å²) in [5.74, 6) is 0.634. The van der Waals surface area contributed by atoms with Crippen LogP contribution in [0.3, 0.4) is 0 Å². The Morgan fingerprint density at radius 3 is 2.96 bits per heavy atom. The van der Waals surface area contributed by atoms with E-state index in [1.807, 2.05) is 24.3 Å². The molecule has 1 heterocycles. The summed E-state index contributed by atoms with van der Waals surface area (Å²) in [6.45, 7) is 4.04. The van der Waals surface area contributed by atoms with Crippen LogP contribution in [0.15, 0.2) is 24.3 Å². The Kier molecular flexibility index (Phi) is 4.69. The van der Waals surface area contributed by atoms with Gasteiger partial charge in [0.05, 0.1) is 0 Å². The average Bonchev–Trinajstić information content (AvgIpc) is 3.12. The van der Waals surface area contributed by atoms with Gasteiger partial charge in [-0.25, -0.2) is 9.59 Å². The smallest absolute Gasteiger partial charge is 0.319 e. The SMILES string of the molecule is CCC[C@@H]1C[C@@H]1NC(=O)Nc1ccccc1CN1CCNC1=O. The van der Waals surface area contributed by atoms with E-state index in [9.17, 15) is 9.59 Å². The van der Waals surface area contributed by atoms with Gasteiger partial charge >= 0.3 is 12.1 Å². The lowest BCUT2D eigenvalue weighted by Crippen LogP contribution is -2.32. The van der Waals surface area contributed by atoms with Gasteiger partial charge in [-0.15, -0.1) is 0 Å². The van der Waals surface area contributed by atoms with Gasteiger partial charge in [0, 0.05) is 31.4 Å². The summed E-state index contributed by atoms with van der Waals surface area (Å²) in [7, 11) is 0. The standard InChI is InChI=1S/C17H24N4O2/c1-2-5-12-10-15(12)20-16(22)19-14-7-4-3-6-13(14)11-21-9-8-18-17(21)23/h3-4,6-7,12,15H,2,5,8-11H2,1H3,(H,18,23)(H2,19,20,22)/t12-,15+/m1/s1. The fraction of sp³-hybridized carbons (Fsp3) is 0.529. The molecule has 2 fully saturated rings. The zero-order valence-electron chi connectivity index (χ0n) is 13.5. The number of rotatable bonds is 6. The van der Waals surface area contributed by atoms with E-state index in [2.05, 4.69) is 22.9 Å². The molecule has 6 heteroatoms. The molecule has 3 rings (SSSR count). The zero-order chi connectivity index (χ0) is 16.2. The van der Waals surface area contributed by atoms with Gasteiger partial charge in [-0.3, -0.25) is 0 Å². The Hall–Kier alpha value is -2.24. The van der Waals surface area contributed by atoms with Crippen LogP contribution in [-0.4, -0.2) is 36.1 Å². The van der Waals surface area contributed by atoms with E-state index >= 15 is 0 Å². The molecule has 3 N–H and O–H groups in total. The second kappa shape index (κ2) is 6.89. The third-order valence-electron chi connectivity index (χ3n) is 4.47. The molecule has 1 saturated heterocycles. The average molecular weight is 316 g/mol. The van der Waals surface area contributed by atoms with Crippen molar-refractivity contribution in [3.63, 3.8) is 0 Å². The van der Waals surface area contributed by atoms with Crippen molar-refractivity contribution in [2.45, 2.75) is 38.8 Å². The topological polar surface area (TPSA) is 73.5 Å². The van der Waals surface area contributed by atoms with Gasteiger partial charge in [0.1, 0.15) is 0 Å². The van der Waals surface area contributed by atoms with Crippen molar-refractivity contribution < 1.29 is 9.59 Å². The first-order valence-electron chi connectivity index (χ1n) is 8.35. The van der Waals surface area contributed by atoms with Crippen LogP contribution >= 0.6 is 0 Å². The number of benzene rings is 1. The van der Waals surface area contributed by atoms with Crippen LogP contribution in [0.1, 0.15) is 31.7 Å². The lowest BCUT2D eigenvalue weighted by atomic mass is 10.1. The van der Waals surface area contributed by atoms with Crippen LogP contribution in [0.5, 0.6) is 0 Å². The van der Waals surface area contributed by atoms with Crippen molar-refractivity contribution in [1.82, 2.24) is 15.5 Å². The van der Waals surface area contributed by atoms with Gasteiger partial charge in [0.2, 0.25) is 0 Å². The number of hydrogen-bond donors (Lipinski definition) is 3. The highest BCUT2D eigenvalue weighted by molar-refractivity contribution is 5.90. The Morgan fingerprint density at radius 1 is 1.39 bits per heavy atom. The minimum atomic E-state index is -0.160. The third-order valence-corrected chi connectivity index (χ3v) is 4.47. The summed E-state index contributed by atoms with van der Waals surface area (Å²) in [5.41, 5.74) is 1.71. The lowest BCUT2D eigenvalue weighted by Gasteiger charge is -2.17. The maximum atomic E-state index is 12.2. The van der Waals surface area contributed by atoms with Gasteiger partial charge in [0.15, 0.2) is 0 Å². The number of hydrogen-bond acceptors (Lipinski definition) is 2. The molecule has 1 saturated carbocycles. The van der Waals surface area contributed by atoms with Crippen LogP contribution < -0.4 is 16.0 Å². The summed E-state index contributed by atoms with van der Waals surface area (Å²) < 4.78 is 0. The molecule has 1 aliphatic heterocycles. The summed E-state index contributed by atoms with van der Waals surface area (Å²) in [4.78, 5) is 25.6. The monoisotopic (exact) mass is 316 g/mol. The molecule has 0 spiro atoms. The highest BCUT2D eigenvalue weighted by atomic mass is 16.2. The molecule has 6 nitrogen and oxygen atoms in total. The number of urea groups is 2. The largest absolute Gasteiger partial charge is 0.336 e.